The minimum Gasteiger partial charge on any atom is -0.441 e. The van der Waals surface area contributed by atoms with E-state index in [0.717, 1.165) is 12.8 Å². The second-order valence-electron chi connectivity index (χ2n) is 6.94. The van der Waals surface area contributed by atoms with Gasteiger partial charge in [0.25, 0.3) is 0 Å². The number of carbonyl (C=O) groups is 2. The van der Waals surface area contributed by atoms with Gasteiger partial charge in [-0.05, 0) is 56.2 Å². The first-order valence-electron chi connectivity index (χ1n) is 9.16. The number of ketones is 1. The quantitative estimate of drug-likeness (QED) is 0.638. The Bertz CT molecular complexity index is 1040. The van der Waals surface area contributed by atoms with Crippen molar-refractivity contribution in [1.29, 1.82) is 0 Å². The molecule has 1 aliphatic carbocycles. The predicted molar refractivity (Wildman–Crippen MR) is 102 cm³/mol. The molecule has 0 saturated heterocycles. The van der Waals surface area contributed by atoms with Crippen molar-refractivity contribution < 1.29 is 18.4 Å². The molecule has 5 nitrogen and oxygen atoms in total. The van der Waals surface area contributed by atoms with Crippen molar-refractivity contribution in [2.24, 2.45) is 5.92 Å². The van der Waals surface area contributed by atoms with Crippen molar-refractivity contribution in [3.05, 3.63) is 71.4 Å². The van der Waals surface area contributed by atoms with Crippen molar-refractivity contribution in [3.63, 3.8) is 0 Å². The number of aromatic nitrogens is 1. The monoisotopic (exact) mass is 378 g/mol. The van der Waals surface area contributed by atoms with Crippen LogP contribution in [0.5, 0.6) is 0 Å². The lowest BCUT2D eigenvalue weighted by Gasteiger charge is -2.05. The first-order chi connectivity index (χ1) is 13.5. The molecule has 0 unspecified atom stereocenters. The van der Waals surface area contributed by atoms with Crippen molar-refractivity contribution >= 4 is 17.4 Å². The molecule has 2 aromatic carbocycles. The van der Waals surface area contributed by atoms with Gasteiger partial charge in [-0.2, -0.15) is 0 Å². The van der Waals surface area contributed by atoms with Crippen LogP contribution in [0.1, 0.15) is 34.7 Å². The van der Waals surface area contributed by atoms with Crippen LogP contribution in [-0.2, 0) is 11.2 Å². The number of oxazole rings is 1. The zero-order chi connectivity index (χ0) is 19.7. The second kappa shape index (κ2) is 7.38. The third kappa shape index (κ3) is 3.86. The van der Waals surface area contributed by atoms with Gasteiger partial charge in [0, 0.05) is 17.2 Å². The maximum absolute atomic E-state index is 13.9. The van der Waals surface area contributed by atoms with E-state index < -0.39 is 5.82 Å². The number of hydrogen-bond acceptors (Lipinski definition) is 4. The summed E-state index contributed by atoms with van der Waals surface area (Å²) in [5, 5.41) is 2.78. The largest absolute Gasteiger partial charge is 0.441 e. The fourth-order valence-electron chi connectivity index (χ4n) is 3.00. The number of halogens is 1. The molecule has 1 N–H and O–H groups in total. The molecule has 4 rings (SSSR count). The highest BCUT2D eigenvalue weighted by molar-refractivity contribution is 6.00. The third-order valence-corrected chi connectivity index (χ3v) is 4.73. The van der Waals surface area contributed by atoms with Crippen molar-refractivity contribution in [3.8, 4) is 11.5 Å². The first-order valence-corrected chi connectivity index (χ1v) is 9.16. The SMILES string of the molecule is Cc1oc(-c2ccccc2F)nc1CC(=O)Nc1ccc(C(=O)C2CC2)cc1. The zero-order valence-corrected chi connectivity index (χ0v) is 15.4. The molecule has 1 heterocycles. The Labute approximate surface area is 161 Å². The predicted octanol–water partition coefficient (Wildman–Crippen LogP) is 4.56. The lowest BCUT2D eigenvalue weighted by molar-refractivity contribution is -0.115. The summed E-state index contributed by atoms with van der Waals surface area (Å²) in [5.74, 6) is 0.259. The van der Waals surface area contributed by atoms with Crippen molar-refractivity contribution in [1.82, 2.24) is 4.98 Å². The summed E-state index contributed by atoms with van der Waals surface area (Å²) in [6.45, 7) is 1.69. The van der Waals surface area contributed by atoms with Crippen LogP contribution in [0.25, 0.3) is 11.5 Å². The van der Waals surface area contributed by atoms with E-state index in [1.807, 2.05) is 0 Å². The molecule has 6 heteroatoms. The normalized spacial score (nSPS) is 13.4. The van der Waals surface area contributed by atoms with E-state index >= 15 is 0 Å². The first kappa shape index (κ1) is 18.1. The third-order valence-electron chi connectivity index (χ3n) is 4.73. The molecule has 1 aromatic heterocycles. The van der Waals surface area contributed by atoms with E-state index in [9.17, 15) is 14.0 Å². The van der Waals surface area contributed by atoms with Gasteiger partial charge in [0.2, 0.25) is 11.8 Å². The van der Waals surface area contributed by atoms with Gasteiger partial charge in [-0.1, -0.05) is 12.1 Å². The molecule has 0 bridgehead atoms. The molecule has 0 aliphatic heterocycles. The highest BCUT2D eigenvalue weighted by Gasteiger charge is 2.30. The topological polar surface area (TPSA) is 72.2 Å². The lowest BCUT2D eigenvalue weighted by Crippen LogP contribution is -2.15. The van der Waals surface area contributed by atoms with Crippen LogP contribution in [0.4, 0.5) is 10.1 Å². The second-order valence-corrected chi connectivity index (χ2v) is 6.94. The minimum absolute atomic E-state index is 0.00649. The summed E-state index contributed by atoms with van der Waals surface area (Å²) >= 11 is 0. The molecular formula is C22H19FN2O3. The zero-order valence-electron chi connectivity index (χ0n) is 15.4. The van der Waals surface area contributed by atoms with Gasteiger partial charge in [-0.15, -0.1) is 0 Å². The Balaban J connectivity index is 1.42. The van der Waals surface area contributed by atoms with Crippen LogP contribution >= 0.6 is 0 Å². The average Bonchev–Trinajstić information content (AvgIpc) is 3.47. The Kier molecular flexibility index (Phi) is 4.77. The number of Topliss-reactive ketones (excluding diaryl/α,β-unsaturated/α-hetero) is 1. The van der Waals surface area contributed by atoms with Crippen LogP contribution in [0.15, 0.2) is 52.9 Å². The Morgan fingerprint density at radius 2 is 1.86 bits per heavy atom. The van der Waals surface area contributed by atoms with E-state index in [4.69, 9.17) is 4.42 Å². The number of rotatable bonds is 6. The molecule has 0 radical (unpaired) electrons. The van der Waals surface area contributed by atoms with Gasteiger partial charge in [-0.3, -0.25) is 9.59 Å². The Morgan fingerprint density at radius 3 is 2.54 bits per heavy atom. The molecule has 1 fully saturated rings. The number of amides is 1. The van der Waals surface area contributed by atoms with Gasteiger partial charge in [0.05, 0.1) is 17.7 Å². The maximum Gasteiger partial charge on any atom is 0.230 e. The Hall–Kier alpha value is -3.28. The number of nitrogens with zero attached hydrogens (tertiary/aromatic N) is 1. The van der Waals surface area contributed by atoms with E-state index in [-0.39, 0.29) is 35.5 Å². The highest BCUT2D eigenvalue weighted by atomic mass is 19.1. The molecular weight excluding hydrogens is 359 g/mol. The Morgan fingerprint density at radius 1 is 1.14 bits per heavy atom. The molecule has 0 spiro atoms. The standard InChI is InChI=1S/C22H19FN2O3/c1-13-19(25-22(28-13)17-4-2-3-5-18(17)23)12-20(26)24-16-10-8-15(9-11-16)21(27)14-6-7-14/h2-5,8-11,14H,6-7,12H2,1H3,(H,24,26). The van der Waals surface area contributed by atoms with Crippen LogP contribution in [0, 0.1) is 18.7 Å². The molecule has 142 valence electrons. The van der Waals surface area contributed by atoms with Gasteiger partial charge < -0.3 is 9.73 Å². The van der Waals surface area contributed by atoms with E-state index in [1.54, 1.807) is 49.4 Å². The van der Waals surface area contributed by atoms with Gasteiger partial charge >= 0.3 is 0 Å². The number of hydrogen-bond donors (Lipinski definition) is 1. The smallest absolute Gasteiger partial charge is 0.230 e. The molecule has 28 heavy (non-hydrogen) atoms. The summed E-state index contributed by atoms with van der Waals surface area (Å²) in [6, 6.07) is 13.1. The van der Waals surface area contributed by atoms with E-state index in [0.29, 0.717) is 22.7 Å². The summed E-state index contributed by atoms with van der Waals surface area (Å²) in [6.07, 6.45) is 1.93. The average molecular weight is 378 g/mol. The molecule has 1 aliphatic rings. The van der Waals surface area contributed by atoms with Crippen LogP contribution in [0.2, 0.25) is 0 Å². The summed E-state index contributed by atoms with van der Waals surface area (Å²) in [7, 11) is 0. The highest BCUT2D eigenvalue weighted by Crippen LogP contribution is 2.32. The molecule has 1 amide bonds. The maximum atomic E-state index is 13.9. The van der Waals surface area contributed by atoms with Gasteiger partial charge in [0.1, 0.15) is 11.6 Å². The number of aryl methyl sites for hydroxylation is 1. The van der Waals surface area contributed by atoms with Crippen LogP contribution in [-0.4, -0.2) is 16.7 Å². The van der Waals surface area contributed by atoms with Crippen LogP contribution in [0.3, 0.4) is 0 Å². The lowest BCUT2D eigenvalue weighted by atomic mass is 10.1. The summed E-state index contributed by atoms with van der Waals surface area (Å²) in [5.41, 5.74) is 1.99. The summed E-state index contributed by atoms with van der Waals surface area (Å²) < 4.78 is 19.4. The van der Waals surface area contributed by atoms with Crippen molar-refractivity contribution in [2.75, 3.05) is 5.32 Å². The van der Waals surface area contributed by atoms with Crippen LogP contribution < -0.4 is 5.32 Å². The van der Waals surface area contributed by atoms with Crippen molar-refractivity contribution in [2.45, 2.75) is 26.2 Å². The fraction of sp³-hybridized carbons (Fsp3) is 0.227. The molecule has 1 saturated carbocycles. The number of benzene rings is 2. The number of carbonyl (C=O) groups excluding carboxylic acids is 2. The number of anilines is 1. The minimum atomic E-state index is -0.430. The van der Waals surface area contributed by atoms with E-state index in [1.165, 1.54) is 6.07 Å². The molecule has 3 aromatic rings. The number of nitrogens with one attached hydrogen (secondary N) is 1. The van der Waals surface area contributed by atoms with Gasteiger partial charge in [0.15, 0.2) is 5.78 Å². The van der Waals surface area contributed by atoms with E-state index in [2.05, 4.69) is 10.3 Å². The summed E-state index contributed by atoms with van der Waals surface area (Å²) in [4.78, 5) is 28.7. The fourth-order valence-corrected chi connectivity index (χ4v) is 3.00. The molecule has 0 atom stereocenters. The van der Waals surface area contributed by atoms with Gasteiger partial charge in [-0.25, -0.2) is 9.37 Å².